The van der Waals surface area contributed by atoms with E-state index >= 15 is 0 Å². The van der Waals surface area contributed by atoms with Crippen molar-refractivity contribution in [3.8, 4) is 0 Å². The SMILES string of the molecule is Cc1nc(C[C@H](O)CN2CCOCC2=O)c([N+](=O)[O-])[nH]1. The number of imidazole rings is 1. The Morgan fingerprint density at radius 2 is 2.40 bits per heavy atom. The molecule has 9 nitrogen and oxygen atoms in total. The van der Waals surface area contributed by atoms with E-state index in [0.717, 1.165) is 0 Å². The Kier molecular flexibility index (Phi) is 4.30. The molecule has 0 radical (unpaired) electrons. The van der Waals surface area contributed by atoms with E-state index in [1.807, 2.05) is 0 Å². The Labute approximate surface area is 114 Å². The number of carbonyl (C=O) groups is 1. The first-order valence-electron chi connectivity index (χ1n) is 6.21. The molecule has 1 fully saturated rings. The van der Waals surface area contributed by atoms with Crippen molar-refractivity contribution < 1.29 is 19.6 Å². The first-order valence-corrected chi connectivity index (χ1v) is 6.21. The van der Waals surface area contributed by atoms with Gasteiger partial charge >= 0.3 is 5.82 Å². The van der Waals surface area contributed by atoms with E-state index in [1.165, 1.54) is 4.90 Å². The fourth-order valence-electron chi connectivity index (χ4n) is 2.11. The minimum atomic E-state index is -0.904. The molecule has 0 spiro atoms. The number of ether oxygens (including phenoxy) is 1. The van der Waals surface area contributed by atoms with Crippen molar-refractivity contribution in [2.24, 2.45) is 0 Å². The molecule has 1 saturated heterocycles. The number of morpholine rings is 1. The number of H-pyrrole nitrogens is 1. The second kappa shape index (κ2) is 5.97. The van der Waals surface area contributed by atoms with Gasteiger partial charge in [0.05, 0.1) is 12.7 Å². The van der Waals surface area contributed by atoms with Gasteiger partial charge in [-0.05, 0) is 4.92 Å². The van der Waals surface area contributed by atoms with Crippen molar-refractivity contribution in [3.63, 3.8) is 0 Å². The van der Waals surface area contributed by atoms with Gasteiger partial charge < -0.3 is 24.9 Å². The molecule has 2 rings (SSSR count). The number of nitro groups is 1. The third-order valence-corrected chi connectivity index (χ3v) is 3.00. The van der Waals surface area contributed by atoms with Crippen molar-refractivity contribution in [3.05, 3.63) is 21.6 Å². The van der Waals surface area contributed by atoms with Crippen molar-refractivity contribution in [1.29, 1.82) is 0 Å². The van der Waals surface area contributed by atoms with E-state index < -0.39 is 11.0 Å². The molecule has 9 heteroatoms. The Morgan fingerprint density at radius 3 is 3.05 bits per heavy atom. The number of hydrogen-bond donors (Lipinski definition) is 2. The van der Waals surface area contributed by atoms with Gasteiger partial charge in [0.2, 0.25) is 5.91 Å². The van der Waals surface area contributed by atoms with E-state index in [-0.39, 0.29) is 37.0 Å². The molecule has 1 atom stereocenters. The molecule has 1 aliphatic rings. The number of nitrogens with one attached hydrogen (secondary N) is 1. The van der Waals surface area contributed by atoms with Crippen LogP contribution in [0.1, 0.15) is 11.5 Å². The summed E-state index contributed by atoms with van der Waals surface area (Å²) < 4.78 is 4.99. The molecule has 0 saturated carbocycles. The quantitative estimate of drug-likeness (QED) is 0.549. The molecule has 0 unspecified atom stereocenters. The molecule has 20 heavy (non-hydrogen) atoms. The lowest BCUT2D eigenvalue weighted by molar-refractivity contribution is -0.390. The van der Waals surface area contributed by atoms with E-state index in [1.54, 1.807) is 6.92 Å². The summed E-state index contributed by atoms with van der Waals surface area (Å²) in [6.07, 6.45) is -0.885. The smallest absolute Gasteiger partial charge is 0.343 e. The molecular weight excluding hydrogens is 268 g/mol. The topological polar surface area (TPSA) is 122 Å². The molecular formula is C11H16N4O5. The number of aliphatic hydroxyl groups is 1. The molecule has 2 N–H and O–H groups in total. The van der Waals surface area contributed by atoms with Gasteiger partial charge in [-0.25, -0.2) is 9.97 Å². The van der Waals surface area contributed by atoms with Gasteiger partial charge in [-0.3, -0.25) is 4.79 Å². The molecule has 1 aromatic rings. The van der Waals surface area contributed by atoms with Crippen LogP contribution in [0.3, 0.4) is 0 Å². The summed E-state index contributed by atoms with van der Waals surface area (Å²) in [5.74, 6) is 0.0132. The Morgan fingerprint density at radius 1 is 1.65 bits per heavy atom. The average molecular weight is 284 g/mol. The highest BCUT2D eigenvalue weighted by atomic mass is 16.6. The number of β-amino-alcohol motifs (C(OH)–C–C–N with tert-alkyl or cyclic N) is 1. The average Bonchev–Trinajstić information content (AvgIpc) is 2.73. The highest BCUT2D eigenvalue weighted by molar-refractivity contribution is 5.78. The maximum Gasteiger partial charge on any atom is 0.343 e. The summed E-state index contributed by atoms with van der Waals surface area (Å²) >= 11 is 0. The van der Waals surface area contributed by atoms with E-state index in [9.17, 15) is 20.0 Å². The summed E-state index contributed by atoms with van der Waals surface area (Å²) in [5, 5.41) is 20.8. The predicted molar refractivity (Wildman–Crippen MR) is 67.1 cm³/mol. The van der Waals surface area contributed by atoms with Gasteiger partial charge in [-0.2, -0.15) is 0 Å². The van der Waals surface area contributed by atoms with E-state index in [2.05, 4.69) is 9.97 Å². The van der Waals surface area contributed by atoms with Crippen molar-refractivity contribution in [2.45, 2.75) is 19.4 Å². The predicted octanol–water partition coefficient (Wildman–Crippen LogP) is -0.611. The zero-order valence-corrected chi connectivity index (χ0v) is 11.0. The van der Waals surface area contributed by atoms with E-state index in [4.69, 9.17) is 4.74 Å². The second-order valence-corrected chi connectivity index (χ2v) is 4.62. The number of aryl methyl sites for hydroxylation is 1. The third kappa shape index (κ3) is 3.31. The zero-order chi connectivity index (χ0) is 14.7. The van der Waals surface area contributed by atoms with Gasteiger partial charge in [-0.15, -0.1) is 0 Å². The lowest BCUT2D eigenvalue weighted by Gasteiger charge is -2.28. The third-order valence-electron chi connectivity index (χ3n) is 3.00. The first kappa shape index (κ1) is 14.4. The summed E-state index contributed by atoms with van der Waals surface area (Å²) in [4.78, 5) is 29.8. The molecule has 110 valence electrons. The zero-order valence-electron chi connectivity index (χ0n) is 11.0. The number of carbonyl (C=O) groups excluding carboxylic acids is 1. The number of aromatic amines is 1. The lowest BCUT2D eigenvalue weighted by atomic mass is 10.2. The summed E-state index contributed by atoms with van der Waals surface area (Å²) in [6.45, 7) is 2.58. The molecule has 0 aliphatic carbocycles. The first-order chi connectivity index (χ1) is 9.47. The van der Waals surface area contributed by atoms with Crippen LogP contribution in [0.2, 0.25) is 0 Å². The van der Waals surface area contributed by atoms with Gasteiger partial charge in [0, 0.05) is 26.4 Å². The van der Waals surface area contributed by atoms with Crippen molar-refractivity contribution >= 4 is 11.7 Å². The lowest BCUT2D eigenvalue weighted by Crippen LogP contribution is -2.45. The largest absolute Gasteiger partial charge is 0.391 e. The van der Waals surface area contributed by atoms with E-state index in [0.29, 0.717) is 19.0 Å². The second-order valence-electron chi connectivity index (χ2n) is 4.62. The fraction of sp³-hybridized carbons (Fsp3) is 0.636. The standard InChI is InChI=1S/C11H16N4O5/c1-7-12-9(11(13-7)15(18)19)4-8(16)5-14-2-3-20-6-10(14)17/h8,16H,2-6H2,1H3,(H,12,13)/t8-/m0/s1. The molecule has 0 bridgehead atoms. The minimum absolute atomic E-state index is 0.00831. The molecule has 1 amide bonds. The Hall–Kier alpha value is -2.00. The highest BCUT2D eigenvalue weighted by Gasteiger charge is 2.25. The van der Waals surface area contributed by atoms with Crippen molar-refractivity contribution in [1.82, 2.24) is 14.9 Å². The van der Waals surface area contributed by atoms with Crippen LogP contribution in [0, 0.1) is 17.0 Å². The van der Waals surface area contributed by atoms with Crippen LogP contribution in [0.5, 0.6) is 0 Å². The van der Waals surface area contributed by atoms with Gasteiger partial charge in [0.15, 0.2) is 5.82 Å². The fourth-order valence-corrected chi connectivity index (χ4v) is 2.11. The van der Waals surface area contributed by atoms with Gasteiger partial charge in [0.25, 0.3) is 0 Å². The number of aromatic nitrogens is 2. The summed E-state index contributed by atoms with van der Waals surface area (Å²) in [7, 11) is 0. The number of hydrogen-bond acceptors (Lipinski definition) is 6. The Balaban J connectivity index is 1.99. The minimum Gasteiger partial charge on any atom is -0.391 e. The summed E-state index contributed by atoms with van der Waals surface area (Å²) in [5.41, 5.74) is 0.195. The van der Waals surface area contributed by atoms with Crippen LogP contribution >= 0.6 is 0 Å². The normalized spacial score (nSPS) is 17.3. The van der Waals surface area contributed by atoms with Crippen LogP contribution < -0.4 is 0 Å². The van der Waals surface area contributed by atoms with Gasteiger partial charge in [-0.1, -0.05) is 0 Å². The number of rotatable bonds is 5. The summed E-state index contributed by atoms with van der Waals surface area (Å²) in [6, 6.07) is 0. The maximum absolute atomic E-state index is 11.5. The number of amides is 1. The van der Waals surface area contributed by atoms with Gasteiger partial charge in [0.1, 0.15) is 12.3 Å². The molecule has 0 aromatic carbocycles. The van der Waals surface area contributed by atoms with Crippen LogP contribution in [0.25, 0.3) is 0 Å². The monoisotopic (exact) mass is 284 g/mol. The molecule has 1 aromatic heterocycles. The van der Waals surface area contributed by atoms with Crippen LogP contribution in [0.4, 0.5) is 5.82 Å². The maximum atomic E-state index is 11.5. The van der Waals surface area contributed by atoms with Crippen LogP contribution in [-0.2, 0) is 16.0 Å². The van der Waals surface area contributed by atoms with Crippen LogP contribution in [-0.4, -0.2) is 63.2 Å². The van der Waals surface area contributed by atoms with Crippen LogP contribution in [0.15, 0.2) is 0 Å². The highest BCUT2D eigenvalue weighted by Crippen LogP contribution is 2.17. The number of aliphatic hydroxyl groups excluding tert-OH is 1. The Bertz CT molecular complexity index is 515. The molecule has 2 heterocycles. The van der Waals surface area contributed by atoms with Crippen molar-refractivity contribution in [2.75, 3.05) is 26.3 Å². The number of nitrogens with zero attached hydrogens (tertiary/aromatic N) is 3. The molecule has 1 aliphatic heterocycles.